The molecule has 0 spiro atoms. The van der Waals surface area contributed by atoms with Gasteiger partial charge in [-0.05, 0) is 50.5 Å². The van der Waals surface area contributed by atoms with Crippen molar-refractivity contribution in [2.75, 3.05) is 29.4 Å². The minimum absolute atomic E-state index is 0.136. The first kappa shape index (κ1) is 20.3. The highest BCUT2D eigenvalue weighted by molar-refractivity contribution is 6.00. The van der Waals surface area contributed by atoms with Gasteiger partial charge in [-0.1, -0.05) is 0 Å². The summed E-state index contributed by atoms with van der Waals surface area (Å²) in [7, 11) is 0. The van der Waals surface area contributed by atoms with Crippen LogP contribution in [0.2, 0.25) is 0 Å². The maximum atomic E-state index is 13.1. The van der Waals surface area contributed by atoms with Crippen molar-refractivity contribution in [2.24, 2.45) is 5.92 Å². The van der Waals surface area contributed by atoms with Crippen LogP contribution in [0.4, 0.5) is 15.9 Å². The smallest absolute Gasteiger partial charge is 0.227 e. The van der Waals surface area contributed by atoms with Gasteiger partial charge in [0, 0.05) is 43.5 Å². The molecule has 0 aliphatic carbocycles. The molecule has 3 heterocycles. The van der Waals surface area contributed by atoms with Crippen molar-refractivity contribution in [3.8, 4) is 0 Å². The number of amides is 2. The molecule has 2 aliphatic rings. The Bertz CT molecular complexity index is 928. The summed E-state index contributed by atoms with van der Waals surface area (Å²) in [5.74, 6) is 0.336. The van der Waals surface area contributed by atoms with Gasteiger partial charge in [0.05, 0.1) is 12.5 Å². The maximum Gasteiger partial charge on any atom is 0.227 e. The molecule has 0 bridgehead atoms. The summed E-state index contributed by atoms with van der Waals surface area (Å²) in [4.78, 5) is 37.9. The van der Waals surface area contributed by atoms with Crippen molar-refractivity contribution >= 4 is 23.3 Å². The molecule has 8 heteroatoms. The van der Waals surface area contributed by atoms with Gasteiger partial charge in [-0.2, -0.15) is 0 Å². The van der Waals surface area contributed by atoms with E-state index in [-0.39, 0.29) is 37.1 Å². The highest BCUT2D eigenvalue weighted by Crippen LogP contribution is 2.25. The average Bonchev–Trinajstić information content (AvgIpc) is 3.14. The lowest BCUT2D eigenvalue weighted by Gasteiger charge is -2.28. The molecule has 2 fully saturated rings. The van der Waals surface area contributed by atoms with Crippen molar-refractivity contribution in [3.05, 3.63) is 47.7 Å². The molecular weight excluding hydrogens is 385 g/mol. The third kappa shape index (κ3) is 4.58. The molecule has 30 heavy (non-hydrogen) atoms. The zero-order valence-electron chi connectivity index (χ0n) is 17.1. The average molecular weight is 411 g/mol. The van der Waals surface area contributed by atoms with E-state index in [9.17, 15) is 14.0 Å². The molecule has 1 aromatic heterocycles. The van der Waals surface area contributed by atoms with E-state index in [0.29, 0.717) is 11.5 Å². The van der Waals surface area contributed by atoms with Gasteiger partial charge in [-0.3, -0.25) is 9.59 Å². The molecule has 2 saturated heterocycles. The van der Waals surface area contributed by atoms with E-state index in [2.05, 4.69) is 20.2 Å². The van der Waals surface area contributed by atoms with Gasteiger partial charge in [-0.25, -0.2) is 14.4 Å². The minimum atomic E-state index is -0.450. The molecule has 7 nitrogen and oxygen atoms in total. The lowest BCUT2D eigenvalue weighted by atomic mass is 10.1. The van der Waals surface area contributed by atoms with Gasteiger partial charge in [0.25, 0.3) is 0 Å². The van der Waals surface area contributed by atoms with E-state index in [4.69, 9.17) is 0 Å². The number of anilines is 2. The zero-order valence-corrected chi connectivity index (χ0v) is 17.1. The van der Waals surface area contributed by atoms with Crippen molar-refractivity contribution in [2.45, 2.75) is 39.2 Å². The molecule has 4 rings (SSSR count). The highest BCUT2D eigenvalue weighted by atomic mass is 19.1. The van der Waals surface area contributed by atoms with Crippen molar-refractivity contribution in [1.29, 1.82) is 0 Å². The number of halogens is 1. The van der Waals surface area contributed by atoms with Crippen LogP contribution in [-0.2, 0) is 16.1 Å². The SMILES string of the molecule is Cc1cc(N2CCCCC2)nc(CNC(=O)C2CC(=O)N(c3ccc(F)cc3)C2)n1. The van der Waals surface area contributed by atoms with Crippen LogP contribution in [0.3, 0.4) is 0 Å². The third-order valence-corrected chi connectivity index (χ3v) is 5.62. The lowest BCUT2D eigenvalue weighted by Crippen LogP contribution is -2.34. The monoisotopic (exact) mass is 411 g/mol. The molecule has 0 saturated carbocycles. The normalized spacial score (nSPS) is 19.3. The van der Waals surface area contributed by atoms with E-state index in [0.717, 1.165) is 37.4 Å². The summed E-state index contributed by atoms with van der Waals surface area (Å²) in [6.07, 6.45) is 3.71. The highest BCUT2D eigenvalue weighted by Gasteiger charge is 2.35. The lowest BCUT2D eigenvalue weighted by molar-refractivity contribution is -0.126. The number of rotatable bonds is 5. The van der Waals surface area contributed by atoms with E-state index in [1.54, 1.807) is 12.1 Å². The number of hydrogen-bond donors (Lipinski definition) is 1. The number of aryl methyl sites for hydroxylation is 1. The summed E-state index contributed by atoms with van der Waals surface area (Å²) in [6.45, 7) is 4.42. The minimum Gasteiger partial charge on any atom is -0.357 e. The number of hydrogen-bond acceptors (Lipinski definition) is 5. The number of benzene rings is 1. The van der Waals surface area contributed by atoms with E-state index in [1.807, 2.05) is 13.0 Å². The Hall–Kier alpha value is -3.03. The Morgan fingerprint density at radius 2 is 1.90 bits per heavy atom. The van der Waals surface area contributed by atoms with Crippen LogP contribution < -0.4 is 15.1 Å². The van der Waals surface area contributed by atoms with Crippen LogP contribution in [0.25, 0.3) is 0 Å². The second-order valence-corrected chi connectivity index (χ2v) is 7.93. The van der Waals surface area contributed by atoms with E-state index in [1.165, 1.54) is 23.5 Å². The fourth-order valence-corrected chi connectivity index (χ4v) is 4.04. The van der Waals surface area contributed by atoms with Crippen molar-refractivity contribution in [1.82, 2.24) is 15.3 Å². The molecule has 2 amide bonds. The van der Waals surface area contributed by atoms with Crippen LogP contribution in [-0.4, -0.2) is 41.4 Å². The second kappa shape index (κ2) is 8.77. The van der Waals surface area contributed by atoms with E-state index < -0.39 is 5.92 Å². The number of aromatic nitrogens is 2. The van der Waals surface area contributed by atoms with Crippen LogP contribution in [0, 0.1) is 18.7 Å². The quantitative estimate of drug-likeness (QED) is 0.818. The standard InChI is InChI=1S/C22H26FN5O2/c1-15-11-20(27-9-3-2-4-10-27)26-19(25-15)13-24-22(30)16-12-21(29)28(14-16)18-7-5-17(23)6-8-18/h5-8,11,16H,2-4,9-10,12-14H2,1H3,(H,24,30). The molecule has 2 aliphatic heterocycles. The van der Waals surface area contributed by atoms with Crippen molar-refractivity contribution in [3.63, 3.8) is 0 Å². The Kier molecular flexibility index (Phi) is 5.92. The maximum absolute atomic E-state index is 13.1. The molecule has 2 aromatic rings. The zero-order chi connectivity index (χ0) is 21.1. The number of piperidine rings is 1. The second-order valence-electron chi connectivity index (χ2n) is 7.93. The predicted octanol–water partition coefficient (Wildman–Crippen LogP) is 2.58. The Balaban J connectivity index is 1.37. The van der Waals surface area contributed by atoms with Gasteiger partial charge in [0.2, 0.25) is 11.8 Å². The first-order valence-corrected chi connectivity index (χ1v) is 10.4. The first-order valence-electron chi connectivity index (χ1n) is 10.4. The summed E-state index contributed by atoms with van der Waals surface area (Å²) < 4.78 is 13.1. The largest absolute Gasteiger partial charge is 0.357 e. The Morgan fingerprint density at radius 3 is 2.63 bits per heavy atom. The van der Waals surface area contributed by atoms with Crippen molar-refractivity contribution < 1.29 is 14.0 Å². The summed E-state index contributed by atoms with van der Waals surface area (Å²) >= 11 is 0. The Morgan fingerprint density at radius 1 is 1.17 bits per heavy atom. The summed E-state index contributed by atoms with van der Waals surface area (Å²) in [6, 6.07) is 7.70. The topological polar surface area (TPSA) is 78.4 Å². The summed E-state index contributed by atoms with van der Waals surface area (Å²) in [5, 5.41) is 2.88. The molecule has 158 valence electrons. The van der Waals surface area contributed by atoms with Gasteiger partial charge < -0.3 is 15.1 Å². The first-order chi connectivity index (χ1) is 14.5. The molecule has 1 atom stereocenters. The van der Waals surface area contributed by atoms with Crippen LogP contribution in [0.5, 0.6) is 0 Å². The molecule has 1 aromatic carbocycles. The third-order valence-electron chi connectivity index (χ3n) is 5.62. The molecule has 1 unspecified atom stereocenters. The number of nitrogens with one attached hydrogen (secondary N) is 1. The Labute approximate surface area is 175 Å². The fourth-order valence-electron chi connectivity index (χ4n) is 4.04. The predicted molar refractivity (Wildman–Crippen MR) is 112 cm³/mol. The van der Waals surface area contributed by atoms with Gasteiger partial charge in [0.1, 0.15) is 17.5 Å². The molecular formula is C22H26FN5O2. The number of carbonyl (C=O) groups is 2. The number of carbonyl (C=O) groups excluding carboxylic acids is 2. The van der Waals surface area contributed by atoms with Crippen LogP contribution >= 0.6 is 0 Å². The van der Waals surface area contributed by atoms with Gasteiger partial charge in [-0.15, -0.1) is 0 Å². The fraction of sp³-hybridized carbons (Fsp3) is 0.455. The van der Waals surface area contributed by atoms with Gasteiger partial charge in [0.15, 0.2) is 0 Å². The molecule has 1 N–H and O–H groups in total. The van der Waals surface area contributed by atoms with Gasteiger partial charge >= 0.3 is 0 Å². The summed E-state index contributed by atoms with van der Waals surface area (Å²) in [5.41, 5.74) is 1.47. The molecule has 0 radical (unpaired) electrons. The number of nitrogens with zero attached hydrogens (tertiary/aromatic N) is 4. The van der Waals surface area contributed by atoms with Crippen LogP contribution in [0.15, 0.2) is 30.3 Å². The van der Waals surface area contributed by atoms with Crippen LogP contribution in [0.1, 0.15) is 37.2 Å². The van der Waals surface area contributed by atoms with E-state index >= 15 is 0 Å².